The summed E-state index contributed by atoms with van der Waals surface area (Å²) in [4.78, 5) is 0. The number of nitrogens with one attached hydrogen (secondary N) is 1. The van der Waals surface area contributed by atoms with Gasteiger partial charge in [-0.05, 0) is 42.5 Å². The van der Waals surface area contributed by atoms with Crippen LogP contribution in [0.5, 0.6) is 0 Å². The van der Waals surface area contributed by atoms with Gasteiger partial charge in [0, 0.05) is 6.61 Å². The highest BCUT2D eigenvalue weighted by Gasteiger charge is 2.35. The summed E-state index contributed by atoms with van der Waals surface area (Å²) < 4.78 is 43.7. The Balaban J connectivity index is 2.31. The maximum atomic E-state index is 12.7. The first-order valence-electron chi connectivity index (χ1n) is 6.60. The third-order valence-electron chi connectivity index (χ3n) is 3.88. The highest BCUT2D eigenvalue weighted by molar-refractivity contribution is 5.35. The summed E-state index contributed by atoms with van der Waals surface area (Å²) in [6.07, 6.45) is -3.51. The Morgan fingerprint density at radius 2 is 2.10 bits per heavy atom. The summed E-state index contributed by atoms with van der Waals surface area (Å²) in [5, 5.41) is 0. The van der Waals surface area contributed by atoms with Gasteiger partial charge in [-0.2, -0.15) is 13.2 Å². The molecule has 3 atom stereocenters. The second kappa shape index (κ2) is 5.71. The molecule has 3 nitrogen and oxygen atoms in total. The summed E-state index contributed by atoms with van der Waals surface area (Å²) in [7, 11) is 0. The standard InChI is InChI=1S/C14H19F3N2O/c1-8-5-6-20-13(8)12(19-18)11-4-3-10(7-9(11)2)14(15,16)17/h3-4,7-8,12-13,19H,5-6,18H2,1-2H3. The van der Waals surface area contributed by atoms with Crippen LogP contribution in [0.1, 0.15) is 36.1 Å². The monoisotopic (exact) mass is 288 g/mol. The first kappa shape index (κ1) is 15.3. The summed E-state index contributed by atoms with van der Waals surface area (Å²) in [5.41, 5.74) is 3.35. The molecule has 2 rings (SSSR count). The zero-order valence-corrected chi connectivity index (χ0v) is 11.5. The zero-order valence-electron chi connectivity index (χ0n) is 11.5. The Labute approximate surface area is 116 Å². The number of halogens is 3. The maximum Gasteiger partial charge on any atom is 0.416 e. The molecule has 1 aliphatic heterocycles. The normalized spacial score (nSPS) is 24.9. The van der Waals surface area contributed by atoms with Crippen LogP contribution in [0.3, 0.4) is 0 Å². The van der Waals surface area contributed by atoms with Crippen LogP contribution in [-0.4, -0.2) is 12.7 Å². The zero-order chi connectivity index (χ0) is 14.9. The van der Waals surface area contributed by atoms with Gasteiger partial charge in [0.25, 0.3) is 0 Å². The Morgan fingerprint density at radius 1 is 1.40 bits per heavy atom. The number of alkyl halides is 3. The van der Waals surface area contributed by atoms with Crippen LogP contribution in [0.25, 0.3) is 0 Å². The average Bonchev–Trinajstić information content (AvgIpc) is 2.77. The minimum Gasteiger partial charge on any atom is -0.376 e. The van der Waals surface area contributed by atoms with Crippen molar-refractivity contribution in [2.75, 3.05) is 6.61 Å². The smallest absolute Gasteiger partial charge is 0.376 e. The van der Waals surface area contributed by atoms with E-state index in [2.05, 4.69) is 12.3 Å². The van der Waals surface area contributed by atoms with Crippen LogP contribution in [0.2, 0.25) is 0 Å². The predicted molar refractivity (Wildman–Crippen MR) is 69.8 cm³/mol. The molecule has 1 saturated heterocycles. The van der Waals surface area contributed by atoms with Gasteiger partial charge in [0.2, 0.25) is 0 Å². The second-order valence-electron chi connectivity index (χ2n) is 5.31. The minimum atomic E-state index is -4.33. The molecule has 1 heterocycles. The van der Waals surface area contributed by atoms with E-state index in [0.29, 0.717) is 18.1 Å². The highest BCUT2D eigenvalue weighted by Crippen LogP contribution is 2.35. The van der Waals surface area contributed by atoms with E-state index >= 15 is 0 Å². The fraction of sp³-hybridized carbons (Fsp3) is 0.571. The van der Waals surface area contributed by atoms with E-state index in [4.69, 9.17) is 10.6 Å². The molecule has 0 radical (unpaired) electrons. The van der Waals surface area contributed by atoms with Crippen LogP contribution in [0, 0.1) is 12.8 Å². The van der Waals surface area contributed by atoms with E-state index in [0.717, 1.165) is 24.1 Å². The highest BCUT2D eigenvalue weighted by atomic mass is 19.4. The molecule has 6 heteroatoms. The topological polar surface area (TPSA) is 47.3 Å². The van der Waals surface area contributed by atoms with Gasteiger partial charge in [-0.3, -0.25) is 11.3 Å². The molecule has 3 N–H and O–H groups in total. The van der Waals surface area contributed by atoms with Crippen molar-refractivity contribution in [3.8, 4) is 0 Å². The molecule has 1 aromatic rings. The Kier molecular flexibility index (Phi) is 4.36. The van der Waals surface area contributed by atoms with Gasteiger partial charge in [0.1, 0.15) is 0 Å². The predicted octanol–water partition coefficient (Wildman–Crippen LogP) is 2.94. The Bertz CT molecular complexity index is 476. The van der Waals surface area contributed by atoms with E-state index < -0.39 is 11.7 Å². The van der Waals surface area contributed by atoms with E-state index in [1.807, 2.05) is 0 Å². The molecule has 20 heavy (non-hydrogen) atoms. The molecule has 0 saturated carbocycles. The number of benzene rings is 1. The van der Waals surface area contributed by atoms with Crippen LogP contribution in [-0.2, 0) is 10.9 Å². The quantitative estimate of drug-likeness (QED) is 0.664. The number of aryl methyl sites for hydroxylation is 1. The van der Waals surface area contributed by atoms with Gasteiger partial charge in [0.15, 0.2) is 0 Å². The molecule has 0 spiro atoms. The minimum absolute atomic E-state index is 0.115. The van der Waals surface area contributed by atoms with Gasteiger partial charge in [-0.1, -0.05) is 13.0 Å². The van der Waals surface area contributed by atoms with Crippen LogP contribution < -0.4 is 11.3 Å². The lowest BCUT2D eigenvalue weighted by molar-refractivity contribution is -0.137. The van der Waals surface area contributed by atoms with E-state index in [-0.39, 0.29) is 12.1 Å². The molecule has 0 amide bonds. The van der Waals surface area contributed by atoms with Crippen molar-refractivity contribution in [1.29, 1.82) is 0 Å². The van der Waals surface area contributed by atoms with Crippen LogP contribution in [0.4, 0.5) is 13.2 Å². The van der Waals surface area contributed by atoms with Crippen molar-refractivity contribution in [3.63, 3.8) is 0 Å². The lowest BCUT2D eigenvalue weighted by atomic mass is 9.90. The van der Waals surface area contributed by atoms with Crippen LogP contribution >= 0.6 is 0 Å². The number of rotatable bonds is 3. The average molecular weight is 288 g/mol. The molecule has 1 aliphatic rings. The number of hydrazine groups is 1. The molecule has 1 aromatic carbocycles. The lowest BCUT2D eigenvalue weighted by Crippen LogP contribution is -2.39. The van der Waals surface area contributed by atoms with E-state index in [1.54, 1.807) is 6.92 Å². The third kappa shape index (κ3) is 2.97. The van der Waals surface area contributed by atoms with E-state index in [1.165, 1.54) is 6.07 Å². The molecule has 1 fully saturated rings. The van der Waals surface area contributed by atoms with Gasteiger partial charge >= 0.3 is 6.18 Å². The summed E-state index contributed by atoms with van der Waals surface area (Å²) >= 11 is 0. The summed E-state index contributed by atoms with van der Waals surface area (Å²) in [5.74, 6) is 5.90. The van der Waals surface area contributed by atoms with Gasteiger partial charge in [0.05, 0.1) is 17.7 Å². The SMILES string of the molecule is Cc1cc(C(F)(F)F)ccc1C(NN)C1OCCC1C. The van der Waals surface area contributed by atoms with Crippen LogP contribution in [0.15, 0.2) is 18.2 Å². The molecule has 112 valence electrons. The maximum absolute atomic E-state index is 12.7. The van der Waals surface area contributed by atoms with Gasteiger partial charge in [-0.25, -0.2) is 0 Å². The fourth-order valence-electron chi connectivity index (χ4n) is 2.71. The Morgan fingerprint density at radius 3 is 2.55 bits per heavy atom. The van der Waals surface area contributed by atoms with Crippen molar-refractivity contribution in [2.24, 2.45) is 11.8 Å². The summed E-state index contributed by atoms with van der Waals surface area (Å²) in [6.45, 7) is 4.37. The lowest BCUT2D eigenvalue weighted by Gasteiger charge is -2.27. The number of hydrogen-bond donors (Lipinski definition) is 2. The third-order valence-corrected chi connectivity index (χ3v) is 3.88. The first-order valence-corrected chi connectivity index (χ1v) is 6.60. The van der Waals surface area contributed by atoms with Crippen molar-refractivity contribution >= 4 is 0 Å². The molecule has 0 aliphatic carbocycles. The van der Waals surface area contributed by atoms with E-state index in [9.17, 15) is 13.2 Å². The number of nitrogens with two attached hydrogens (primary N) is 1. The largest absolute Gasteiger partial charge is 0.416 e. The van der Waals surface area contributed by atoms with Crippen molar-refractivity contribution < 1.29 is 17.9 Å². The molecule has 0 aromatic heterocycles. The molecule has 0 bridgehead atoms. The van der Waals surface area contributed by atoms with Crippen molar-refractivity contribution in [1.82, 2.24) is 5.43 Å². The number of hydrogen-bond acceptors (Lipinski definition) is 3. The number of ether oxygens (including phenoxy) is 1. The molecular weight excluding hydrogens is 269 g/mol. The Hall–Kier alpha value is -1.11. The molecular formula is C14H19F3N2O. The van der Waals surface area contributed by atoms with Crippen molar-refractivity contribution in [3.05, 3.63) is 34.9 Å². The fourth-order valence-corrected chi connectivity index (χ4v) is 2.71. The van der Waals surface area contributed by atoms with Crippen molar-refractivity contribution in [2.45, 2.75) is 38.6 Å². The molecule has 3 unspecified atom stereocenters. The van der Waals surface area contributed by atoms with Gasteiger partial charge < -0.3 is 4.74 Å². The second-order valence-corrected chi connectivity index (χ2v) is 5.31. The summed E-state index contributed by atoms with van der Waals surface area (Å²) in [6, 6.07) is 3.43. The first-order chi connectivity index (χ1) is 9.34. The van der Waals surface area contributed by atoms with Gasteiger partial charge in [-0.15, -0.1) is 0 Å².